The molecule has 27 heavy (non-hydrogen) atoms. The Morgan fingerprint density at radius 3 is 2.59 bits per heavy atom. The van der Waals surface area contributed by atoms with Gasteiger partial charge in [-0.2, -0.15) is 0 Å². The molecule has 1 heterocycles. The highest BCUT2D eigenvalue weighted by molar-refractivity contribution is 7.99. The van der Waals surface area contributed by atoms with Crippen molar-refractivity contribution in [3.63, 3.8) is 0 Å². The molecular formula is C20H22ClN3O2S. The normalized spacial score (nSPS) is 12.1. The van der Waals surface area contributed by atoms with Crippen molar-refractivity contribution in [1.82, 2.24) is 14.8 Å². The molecule has 1 N–H and O–H groups in total. The Hall–Kier alpha value is -2.02. The van der Waals surface area contributed by atoms with E-state index in [1.165, 1.54) is 11.8 Å². The summed E-state index contributed by atoms with van der Waals surface area (Å²) in [6.45, 7) is 5.10. The number of thioether (sulfide) groups is 1. The molecule has 0 amide bonds. The van der Waals surface area contributed by atoms with E-state index in [1.54, 1.807) is 24.3 Å². The summed E-state index contributed by atoms with van der Waals surface area (Å²) in [4.78, 5) is 0. The highest BCUT2D eigenvalue weighted by atomic mass is 35.5. The first-order valence-corrected chi connectivity index (χ1v) is 10.1. The van der Waals surface area contributed by atoms with E-state index in [-0.39, 0.29) is 6.61 Å². The van der Waals surface area contributed by atoms with Crippen molar-refractivity contribution in [3.8, 4) is 17.1 Å². The lowest BCUT2D eigenvalue weighted by molar-refractivity contribution is 0.126. The molecular weight excluding hydrogens is 382 g/mol. The molecule has 0 radical (unpaired) electrons. The van der Waals surface area contributed by atoms with Crippen LogP contribution in [-0.4, -0.2) is 38.3 Å². The Kier molecular flexibility index (Phi) is 6.77. The average Bonchev–Trinajstić information content (AvgIpc) is 3.09. The number of nitrogens with zero attached hydrogens (tertiary/aromatic N) is 3. The van der Waals surface area contributed by atoms with E-state index in [4.69, 9.17) is 16.3 Å². The van der Waals surface area contributed by atoms with Gasteiger partial charge in [-0.3, -0.25) is 0 Å². The van der Waals surface area contributed by atoms with Crippen molar-refractivity contribution in [1.29, 1.82) is 0 Å². The molecule has 3 rings (SSSR count). The van der Waals surface area contributed by atoms with Gasteiger partial charge in [-0.05, 0) is 43.7 Å². The van der Waals surface area contributed by atoms with Crippen LogP contribution in [0.2, 0.25) is 5.02 Å². The number of aromatic nitrogens is 3. The molecule has 3 aromatic rings. The van der Waals surface area contributed by atoms with E-state index in [1.807, 2.05) is 12.1 Å². The minimum Gasteiger partial charge on any atom is -0.491 e. The summed E-state index contributed by atoms with van der Waals surface area (Å²) in [5.74, 6) is 2.01. The minimum absolute atomic E-state index is 0.208. The molecule has 7 heteroatoms. The number of rotatable bonds is 8. The number of hydrogen-bond donors (Lipinski definition) is 1. The van der Waals surface area contributed by atoms with Crippen molar-refractivity contribution in [3.05, 3.63) is 59.1 Å². The van der Waals surface area contributed by atoms with E-state index in [9.17, 15) is 5.11 Å². The quantitative estimate of drug-likeness (QED) is 0.562. The van der Waals surface area contributed by atoms with Crippen molar-refractivity contribution >= 4 is 23.4 Å². The number of benzene rings is 2. The first-order valence-electron chi connectivity index (χ1n) is 8.77. The van der Waals surface area contributed by atoms with Gasteiger partial charge in [0.1, 0.15) is 12.4 Å². The van der Waals surface area contributed by atoms with Gasteiger partial charge in [-0.15, -0.1) is 10.2 Å². The largest absolute Gasteiger partial charge is 0.491 e. The molecule has 0 saturated carbocycles. The number of hydrogen-bond acceptors (Lipinski definition) is 5. The van der Waals surface area contributed by atoms with Gasteiger partial charge in [0.15, 0.2) is 11.0 Å². The second kappa shape index (κ2) is 9.26. The van der Waals surface area contributed by atoms with Crippen molar-refractivity contribution < 1.29 is 9.84 Å². The lowest BCUT2D eigenvalue weighted by Crippen LogP contribution is -2.20. The smallest absolute Gasteiger partial charge is 0.191 e. The van der Waals surface area contributed by atoms with Crippen LogP contribution in [0.15, 0.2) is 53.7 Å². The highest BCUT2D eigenvalue weighted by Gasteiger charge is 2.16. The molecule has 0 aliphatic heterocycles. The van der Waals surface area contributed by atoms with Gasteiger partial charge in [0, 0.05) is 22.9 Å². The Bertz CT molecular complexity index is 883. The lowest BCUT2D eigenvalue weighted by Gasteiger charge is -2.13. The second-order valence-corrected chi connectivity index (χ2v) is 7.52. The number of halogens is 1. The zero-order chi connectivity index (χ0) is 19.2. The standard InChI is InChI=1S/C20H22ClN3O2S/c1-3-24-19(18-7-5-4-6-14(18)2)22-23-20(24)27-13-16(25)12-26-17-10-8-15(21)9-11-17/h4-11,16,25H,3,12-13H2,1-2H3. The molecule has 2 aromatic carbocycles. The third kappa shape index (κ3) is 5.03. The topological polar surface area (TPSA) is 60.2 Å². The Morgan fingerprint density at radius 2 is 1.89 bits per heavy atom. The molecule has 0 aliphatic carbocycles. The van der Waals surface area contributed by atoms with Crippen LogP contribution < -0.4 is 4.74 Å². The SMILES string of the molecule is CCn1c(SCC(O)COc2ccc(Cl)cc2)nnc1-c1ccccc1C. The third-order valence-electron chi connectivity index (χ3n) is 4.08. The molecule has 0 spiro atoms. The molecule has 1 aromatic heterocycles. The molecule has 0 bridgehead atoms. The van der Waals surface area contributed by atoms with Crippen molar-refractivity contribution in [2.45, 2.75) is 31.7 Å². The number of aliphatic hydroxyl groups excluding tert-OH is 1. The molecule has 0 saturated heterocycles. The van der Waals surface area contributed by atoms with Crippen molar-refractivity contribution in [2.24, 2.45) is 0 Å². The summed E-state index contributed by atoms with van der Waals surface area (Å²) < 4.78 is 7.66. The number of ether oxygens (including phenoxy) is 1. The van der Waals surface area contributed by atoms with Crippen LogP contribution in [0.3, 0.4) is 0 Å². The van der Waals surface area contributed by atoms with Crippen LogP contribution in [0, 0.1) is 6.92 Å². The van der Waals surface area contributed by atoms with Gasteiger partial charge < -0.3 is 14.4 Å². The van der Waals surface area contributed by atoms with Gasteiger partial charge in [0.25, 0.3) is 0 Å². The van der Waals surface area contributed by atoms with Gasteiger partial charge in [-0.1, -0.05) is 47.6 Å². The first-order chi connectivity index (χ1) is 13.1. The number of aryl methyl sites for hydroxylation is 1. The van der Waals surface area contributed by atoms with Gasteiger partial charge in [-0.25, -0.2) is 0 Å². The summed E-state index contributed by atoms with van der Waals surface area (Å²) in [7, 11) is 0. The molecule has 0 fully saturated rings. The maximum absolute atomic E-state index is 10.2. The summed E-state index contributed by atoms with van der Waals surface area (Å²) in [6, 6.07) is 15.2. The van der Waals surface area contributed by atoms with Gasteiger partial charge in [0.05, 0.1) is 6.10 Å². The van der Waals surface area contributed by atoms with Crippen LogP contribution in [0.4, 0.5) is 0 Å². The molecule has 0 aliphatic rings. The second-order valence-electron chi connectivity index (χ2n) is 6.10. The Balaban J connectivity index is 1.61. The maximum Gasteiger partial charge on any atom is 0.191 e. The van der Waals surface area contributed by atoms with E-state index >= 15 is 0 Å². The summed E-state index contributed by atoms with van der Waals surface area (Å²) in [5.41, 5.74) is 2.23. The average molecular weight is 404 g/mol. The monoisotopic (exact) mass is 403 g/mol. The Morgan fingerprint density at radius 1 is 1.15 bits per heavy atom. The third-order valence-corrected chi connectivity index (χ3v) is 5.44. The van der Waals surface area contributed by atoms with E-state index in [0.717, 1.165) is 28.7 Å². The fourth-order valence-electron chi connectivity index (χ4n) is 2.65. The summed E-state index contributed by atoms with van der Waals surface area (Å²) >= 11 is 7.33. The zero-order valence-corrected chi connectivity index (χ0v) is 16.9. The van der Waals surface area contributed by atoms with Crippen LogP contribution in [0.5, 0.6) is 5.75 Å². The summed E-state index contributed by atoms with van der Waals surface area (Å²) in [6.07, 6.45) is -0.616. The molecule has 5 nitrogen and oxygen atoms in total. The molecule has 142 valence electrons. The van der Waals surface area contributed by atoms with Crippen LogP contribution in [-0.2, 0) is 6.54 Å². The zero-order valence-electron chi connectivity index (χ0n) is 15.3. The van der Waals surface area contributed by atoms with Crippen LogP contribution >= 0.6 is 23.4 Å². The van der Waals surface area contributed by atoms with Gasteiger partial charge in [0.2, 0.25) is 0 Å². The maximum atomic E-state index is 10.2. The lowest BCUT2D eigenvalue weighted by atomic mass is 10.1. The summed E-state index contributed by atoms with van der Waals surface area (Å²) in [5, 5.41) is 20.4. The first kappa shape index (κ1) is 19.7. The fourth-order valence-corrected chi connectivity index (χ4v) is 3.68. The van der Waals surface area contributed by atoms with Crippen LogP contribution in [0.1, 0.15) is 12.5 Å². The fraction of sp³-hybridized carbons (Fsp3) is 0.300. The van der Waals surface area contributed by atoms with Crippen molar-refractivity contribution in [2.75, 3.05) is 12.4 Å². The molecule has 1 atom stereocenters. The minimum atomic E-state index is -0.616. The van der Waals surface area contributed by atoms with E-state index in [0.29, 0.717) is 16.5 Å². The molecule has 1 unspecified atom stereocenters. The van der Waals surface area contributed by atoms with E-state index < -0.39 is 6.10 Å². The number of aliphatic hydroxyl groups is 1. The van der Waals surface area contributed by atoms with E-state index in [2.05, 4.69) is 40.7 Å². The predicted molar refractivity (Wildman–Crippen MR) is 110 cm³/mol. The Labute approximate surface area is 168 Å². The highest BCUT2D eigenvalue weighted by Crippen LogP contribution is 2.26. The van der Waals surface area contributed by atoms with Crippen LogP contribution in [0.25, 0.3) is 11.4 Å². The van der Waals surface area contributed by atoms with Gasteiger partial charge >= 0.3 is 0 Å². The predicted octanol–water partition coefficient (Wildman–Crippen LogP) is 4.46.